The molecule has 0 aliphatic heterocycles. The number of aromatic nitrogens is 2. The molecule has 100 valence electrons. The Morgan fingerprint density at radius 2 is 2.17 bits per heavy atom. The summed E-state index contributed by atoms with van der Waals surface area (Å²) in [6, 6.07) is 1.26. The molecule has 10 heteroatoms. The minimum absolute atomic E-state index is 0.0817. The lowest BCUT2D eigenvalue weighted by molar-refractivity contribution is -0.201. The summed E-state index contributed by atoms with van der Waals surface area (Å²) in [5.74, 6) is 2.38. The van der Waals surface area contributed by atoms with Crippen molar-refractivity contribution in [1.82, 2.24) is 10.2 Å². The summed E-state index contributed by atoms with van der Waals surface area (Å²) in [4.78, 5) is 14.4. The van der Waals surface area contributed by atoms with Crippen molar-refractivity contribution in [3.63, 3.8) is 0 Å². The zero-order valence-corrected chi connectivity index (χ0v) is 9.79. The molecule has 0 unspecified atom stereocenters. The van der Waals surface area contributed by atoms with Crippen LogP contribution in [-0.2, 0) is 16.1 Å². The van der Waals surface area contributed by atoms with Crippen LogP contribution >= 0.6 is 11.6 Å². The number of aryl methyl sites for hydroxylation is 1. The van der Waals surface area contributed by atoms with Crippen molar-refractivity contribution in [2.45, 2.75) is 19.5 Å². The van der Waals surface area contributed by atoms with Crippen LogP contribution < -0.4 is 11.0 Å². The Balaban J connectivity index is 2.85. The highest BCUT2D eigenvalue weighted by molar-refractivity contribution is 6.30. The number of hydrogen-bond acceptors (Lipinski definition) is 6. The van der Waals surface area contributed by atoms with E-state index in [2.05, 4.69) is 15.0 Å². The van der Waals surface area contributed by atoms with E-state index < -0.39 is 12.1 Å². The molecule has 1 aromatic heterocycles. The molecule has 1 rings (SSSR count). The average molecular weight is 285 g/mol. The first-order chi connectivity index (χ1) is 8.25. The van der Waals surface area contributed by atoms with Gasteiger partial charge in [-0.3, -0.25) is 0 Å². The fourth-order valence-electron chi connectivity index (χ4n) is 0.947. The number of carbonyl (C=O) groups excluding carboxylic acids is 1. The first-order valence-corrected chi connectivity index (χ1v) is 4.99. The van der Waals surface area contributed by atoms with E-state index in [1.807, 2.05) is 0 Å². The molecule has 1 heterocycles. The standard InChI is InChI=1S/C8H8ClF3N4O2/c1-2-4-3-5(14-15-6(4)9)16(13)18-7(17)8(10,11)12/h3H,2,13H2,1H3. The zero-order chi connectivity index (χ0) is 13.9. The topological polar surface area (TPSA) is 81.3 Å². The third-order valence-corrected chi connectivity index (χ3v) is 2.15. The van der Waals surface area contributed by atoms with Crippen LogP contribution in [0.25, 0.3) is 0 Å². The molecule has 0 aliphatic rings. The summed E-state index contributed by atoms with van der Waals surface area (Å²) in [6.07, 6.45) is -4.69. The van der Waals surface area contributed by atoms with Crippen LogP contribution in [0.3, 0.4) is 0 Å². The van der Waals surface area contributed by atoms with Crippen LogP contribution in [0.5, 0.6) is 0 Å². The first-order valence-electron chi connectivity index (χ1n) is 4.61. The van der Waals surface area contributed by atoms with E-state index in [-0.39, 0.29) is 16.1 Å². The van der Waals surface area contributed by atoms with Gasteiger partial charge in [0.25, 0.3) is 0 Å². The maximum atomic E-state index is 11.9. The SMILES string of the molecule is CCc1cc(N(N)OC(=O)C(F)(F)F)nnc1Cl. The number of hydrazine groups is 1. The van der Waals surface area contributed by atoms with Crippen LogP contribution in [-0.4, -0.2) is 22.3 Å². The number of nitrogens with two attached hydrogens (primary N) is 1. The van der Waals surface area contributed by atoms with Crippen molar-refractivity contribution in [3.05, 3.63) is 16.8 Å². The van der Waals surface area contributed by atoms with Gasteiger partial charge < -0.3 is 4.84 Å². The van der Waals surface area contributed by atoms with Gasteiger partial charge in [-0.25, -0.2) is 10.6 Å². The molecule has 0 atom stereocenters. The van der Waals surface area contributed by atoms with E-state index in [9.17, 15) is 18.0 Å². The van der Waals surface area contributed by atoms with Crippen molar-refractivity contribution in [3.8, 4) is 0 Å². The zero-order valence-electron chi connectivity index (χ0n) is 9.03. The molecule has 0 spiro atoms. The summed E-state index contributed by atoms with van der Waals surface area (Å²) in [5, 5.41) is 7.03. The summed E-state index contributed by atoms with van der Waals surface area (Å²) in [7, 11) is 0. The van der Waals surface area contributed by atoms with Crippen LogP contribution in [0.1, 0.15) is 12.5 Å². The highest BCUT2D eigenvalue weighted by Crippen LogP contribution is 2.20. The minimum Gasteiger partial charge on any atom is -0.315 e. The van der Waals surface area contributed by atoms with Crippen molar-refractivity contribution < 1.29 is 22.8 Å². The third kappa shape index (κ3) is 3.44. The third-order valence-electron chi connectivity index (χ3n) is 1.83. The van der Waals surface area contributed by atoms with Crippen LogP contribution in [0.15, 0.2) is 6.07 Å². The fraction of sp³-hybridized carbons (Fsp3) is 0.375. The highest BCUT2D eigenvalue weighted by Gasteiger charge is 2.42. The Bertz CT molecular complexity index is 454. The number of alkyl halides is 3. The molecule has 2 N–H and O–H groups in total. The molecule has 18 heavy (non-hydrogen) atoms. The molecule has 6 nitrogen and oxygen atoms in total. The van der Waals surface area contributed by atoms with E-state index in [0.717, 1.165) is 0 Å². The summed E-state index contributed by atoms with van der Waals surface area (Å²) < 4.78 is 35.8. The van der Waals surface area contributed by atoms with Crippen LogP contribution in [0, 0.1) is 0 Å². The number of rotatable bonds is 3. The number of hydrogen-bond donors (Lipinski definition) is 1. The Morgan fingerprint density at radius 1 is 1.56 bits per heavy atom. The fourth-order valence-corrected chi connectivity index (χ4v) is 1.17. The second kappa shape index (κ2) is 5.36. The lowest BCUT2D eigenvalue weighted by atomic mass is 10.2. The Hall–Kier alpha value is -1.61. The number of nitrogens with zero attached hydrogens (tertiary/aromatic N) is 3. The van der Waals surface area contributed by atoms with Crippen LogP contribution in [0.4, 0.5) is 19.0 Å². The number of anilines is 1. The predicted octanol–water partition coefficient (Wildman–Crippen LogP) is 1.39. The molecule has 0 radical (unpaired) electrons. The lowest BCUT2D eigenvalue weighted by Gasteiger charge is -2.16. The van der Waals surface area contributed by atoms with Gasteiger partial charge in [0, 0.05) is 0 Å². The summed E-state index contributed by atoms with van der Waals surface area (Å²) in [5.41, 5.74) is 0.500. The van der Waals surface area contributed by atoms with E-state index in [1.165, 1.54) is 6.07 Å². The second-order valence-electron chi connectivity index (χ2n) is 3.07. The molecular weight excluding hydrogens is 277 g/mol. The second-order valence-corrected chi connectivity index (χ2v) is 3.43. The molecule has 1 aromatic rings. The molecule has 0 amide bonds. The van der Waals surface area contributed by atoms with Crippen molar-refractivity contribution in [1.29, 1.82) is 0 Å². The number of halogens is 4. The van der Waals surface area contributed by atoms with Gasteiger partial charge in [0.2, 0.25) is 5.82 Å². The van der Waals surface area contributed by atoms with E-state index >= 15 is 0 Å². The van der Waals surface area contributed by atoms with Gasteiger partial charge in [0.1, 0.15) is 0 Å². The van der Waals surface area contributed by atoms with Gasteiger partial charge in [0.05, 0.1) is 0 Å². The summed E-state index contributed by atoms with van der Waals surface area (Å²) >= 11 is 5.66. The molecule has 0 fully saturated rings. The van der Waals surface area contributed by atoms with E-state index in [4.69, 9.17) is 17.4 Å². The first kappa shape index (κ1) is 14.5. The molecule has 0 saturated heterocycles. The maximum Gasteiger partial charge on any atom is 0.493 e. The normalized spacial score (nSPS) is 11.2. The van der Waals surface area contributed by atoms with Gasteiger partial charge in [-0.1, -0.05) is 18.5 Å². The average Bonchev–Trinajstić information content (AvgIpc) is 2.28. The molecule has 0 aliphatic carbocycles. The summed E-state index contributed by atoms with van der Waals surface area (Å²) in [6.45, 7) is 1.75. The quantitative estimate of drug-likeness (QED) is 0.667. The lowest BCUT2D eigenvalue weighted by Crippen LogP contribution is -2.39. The van der Waals surface area contributed by atoms with Crippen molar-refractivity contribution >= 4 is 23.4 Å². The van der Waals surface area contributed by atoms with Gasteiger partial charge in [0.15, 0.2) is 5.15 Å². The van der Waals surface area contributed by atoms with Gasteiger partial charge in [-0.05, 0) is 18.1 Å². The Morgan fingerprint density at radius 3 is 2.67 bits per heavy atom. The minimum atomic E-state index is -5.15. The van der Waals surface area contributed by atoms with Crippen molar-refractivity contribution in [2.75, 3.05) is 5.17 Å². The van der Waals surface area contributed by atoms with Crippen LogP contribution in [0.2, 0.25) is 5.15 Å². The van der Waals surface area contributed by atoms with Gasteiger partial charge in [-0.15, -0.1) is 15.4 Å². The van der Waals surface area contributed by atoms with E-state index in [0.29, 0.717) is 12.0 Å². The predicted molar refractivity (Wildman–Crippen MR) is 55.2 cm³/mol. The molecule has 0 saturated carbocycles. The van der Waals surface area contributed by atoms with Crippen molar-refractivity contribution in [2.24, 2.45) is 5.84 Å². The Kier molecular flexibility index (Phi) is 4.30. The number of carbonyl (C=O) groups is 1. The van der Waals surface area contributed by atoms with Gasteiger partial charge in [-0.2, -0.15) is 13.2 Å². The van der Waals surface area contributed by atoms with Gasteiger partial charge >= 0.3 is 12.1 Å². The Labute approximate surface area is 104 Å². The monoisotopic (exact) mass is 284 g/mol. The highest BCUT2D eigenvalue weighted by atomic mass is 35.5. The molecule has 0 bridgehead atoms. The smallest absolute Gasteiger partial charge is 0.315 e. The largest absolute Gasteiger partial charge is 0.493 e. The molecular formula is C8H8ClF3N4O2. The maximum absolute atomic E-state index is 11.9. The molecule has 0 aromatic carbocycles. The van der Waals surface area contributed by atoms with E-state index in [1.54, 1.807) is 6.92 Å².